The van der Waals surface area contributed by atoms with E-state index in [2.05, 4.69) is 5.32 Å². The summed E-state index contributed by atoms with van der Waals surface area (Å²) in [5, 5.41) is 3.11. The Hall–Kier alpha value is -3.05. The van der Waals surface area contributed by atoms with Crippen LogP contribution in [0.1, 0.15) is 20.7 Å². The van der Waals surface area contributed by atoms with Crippen LogP contribution in [-0.2, 0) is 0 Å². The highest BCUT2D eigenvalue weighted by molar-refractivity contribution is 6.34. The van der Waals surface area contributed by atoms with Crippen molar-refractivity contribution in [3.8, 4) is 5.69 Å². The van der Waals surface area contributed by atoms with E-state index in [1.807, 2.05) is 35.2 Å². The van der Waals surface area contributed by atoms with Crippen LogP contribution in [0.15, 0.2) is 67.0 Å². The van der Waals surface area contributed by atoms with Crippen LogP contribution >= 0.6 is 11.6 Å². The van der Waals surface area contributed by atoms with Crippen LogP contribution in [0.3, 0.4) is 0 Å². The Morgan fingerprint density at radius 2 is 1.67 bits per heavy atom. The maximum Gasteiger partial charge on any atom is 0.257 e. The van der Waals surface area contributed by atoms with Gasteiger partial charge in [-0.25, -0.2) is 0 Å². The molecule has 0 saturated carbocycles. The fourth-order valence-corrected chi connectivity index (χ4v) is 2.47. The topological polar surface area (TPSA) is 77.1 Å². The number of nitrogens with one attached hydrogen (secondary N) is 1. The van der Waals surface area contributed by atoms with Gasteiger partial charge in [-0.05, 0) is 54.6 Å². The highest BCUT2D eigenvalue weighted by Gasteiger charge is 2.12. The van der Waals surface area contributed by atoms with Gasteiger partial charge in [0.1, 0.15) is 0 Å². The van der Waals surface area contributed by atoms with E-state index in [0.717, 1.165) is 5.69 Å². The van der Waals surface area contributed by atoms with Gasteiger partial charge in [-0.1, -0.05) is 11.6 Å². The normalized spacial score (nSPS) is 10.4. The van der Waals surface area contributed by atoms with E-state index in [9.17, 15) is 9.59 Å². The highest BCUT2D eigenvalue weighted by atomic mass is 35.5. The van der Waals surface area contributed by atoms with Crippen molar-refractivity contribution in [1.29, 1.82) is 0 Å². The number of amides is 2. The van der Waals surface area contributed by atoms with Gasteiger partial charge in [0.05, 0.1) is 10.6 Å². The largest absolute Gasteiger partial charge is 0.366 e. The molecule has 1 heterocycles. The molecule has 2 amide bonds. The molecule has 0 bridgehead atoms. The van der Waals surface area contributed by atoms with Crippen molar-refractivity contribution >= 4 is 29.1 Å². The fourth-order valence-electron chi connectivity index (χ4n) is 2.27. The Labute approximate surface area is 143 Å². The zero-order chi connectivity index (χ0) is 17.1. The number of benzene rings is 2. The summed E-state index contributed by atoms with van der Waals surface area (Å²) in [7, 11) is 0. The van der Waals surface area contributed by atoms with Crippen LogP contribution < -0.4 is 11.1 Å². The average Bonchev–Trinajstić information content (AvgIpc) is 3.10. The van der Waals surface area contributed by atoms with Crippen LogP contribution in [-0.4, -0.2) is 16.4 Å². The molecule has 2 aromatic carbocycles. The second kappa shape index (κ2) is 6.60. The maximum atomic E-state index is 12.5. The van der Waals surface area contributed by atoms with Crippen molar-refractivity contribution < 1.29 is 9.59 Å². The van der Waals surface area contributed by atoms with Crippen molar-refractivity contribution in [3.05, 3.63) is 83.1 Å². The van der Waals surface area contributed by atoms with Gasteiger partial charge in [-0.2, -0.15) is 0 Å². The Kier molecular flexibility index (Phi) is 4.35. The van der Waals surface area contributed by atoms with Crippen molar-refractivity contribution in [2.24, 2.45) is 5.73 Å². The molecule has 0 aliphatic rings. The smallest absolute Gasteiger partial charge is 0.257 e. The lowest BCUT2D eigenvalue weighted by Gasteiger charge is -2.10. The van der Waals surface area contributed by atoms with E-state index < -0.39 is 5.91 Å². The molecule has 0 fully saturated rings. The van der Waals surface area contributed by atoms with Crippen LogP contribution in [0.4, 0.5) is 5.69 Å². The molecule has 0 saturated heterocycles. The van der Waals surface area contributed by atoms with E-state index in [1.165, 1.54) is 0 Å². The molecule has 5 nitrogen and oxygen atoms in total. The minimum absolute atomic E-state index is 0.333. The zero-order valence-corrected chi connectivity index (χ0v) is 13.3. The third-order valence-corrected chi connectivity index (χ3v) is 3.85. The minimum atomic E-state index is -0.518. The molecular weight excluding hydrogens is 326 g/mol. The molecule has 3 N–H and O–H groups in total. The van der Waals surface area contributed by atoms with E-state index in [0.29, 0.717) is 21.8 Å². The molecule has 120 valence electrons. The number of hydrogen-bond donors (Lipinski definition) is 2. The number of nitrogens with two attached hydrogens (primary N) is 1. The Morgan fingerprint density at radius 1 is 1.00 bits per heavy atom. The van der Waals surface area contributed by atoms with Crippen molar-refractivity contribution in [2.75, 3.05) is 5.32 Å². The molecular formula is C18H14ClN3O2. The van der Waals surface area contributed by atoms with Gasteiger partial charge in [0, 0.05) is 29.3 Å². The van der Waals surface area contributed by atoms with Gasteiger partial charge in [0.15, 0.2) is 0 Å². The fraction of sp³-hybridized carbons (Fsp3) is 0. The Balaban J connectivity index is 1.84. The molecule has 0 aliphatic carbocycles. The number of aromatic nitrogens is 1. The quantitative estimate of drug-likeness (QED) is 0.763. The van der Waals surface area contributed by atoms with Gasteiger partial charge >= 0.3 is 0 Å². The predicted molar refractivity (Wildman–Crippen MR) is 93.7 cm³/mol. The number of rotatable bonds is 4. The lowest BCUT2D eigenvalue weighted by Crippen LogP contribution is -2.14. The summed E-state index contributed by atoms with van der Waals surface area (Å²) in [4.78, 5) is 23.5. The van der Waals surface area contributed by atoms with Gasteiger partial charge < -0.3 is 15.6 Å². The second-order valence-electron chi connectivity index (χ2n) is 5.15. The molecule has 3 rings (SSSR count). The SMILES string of the molecule is NC(=O)c1ccc(NC(=O)c2cc(-n3cccc3)ccc2Cl)cc1. The van der Waals surface area contributed by atoms with E-state index in [1.54, 1.807) is 36.4 Å². The number of primary amides is 1. The number of anilines is 1. The van der Waals surface area contributed by atoms with Gasteiger partial charge in [0.25, 0.3) is 5.91 Å². The lowest BCUT2D eigenvalue weighted by molar-refractivity contribution is 0.0998. The molecule has 0 radical (unpaired) electrons. The average molecular weight is 340 g/mol. The van der Waals surface area contributed by atoms with E-state index in [-0.39, 0.29) is 5.91 Å². The Bertz CT molecular complexity index is 887. The van der Waals surface area contributed by atoms with Crippen molar-refractivity contribution in [2.45, 2.75) is 0 Å². The van der Waals surface area contributed by atoms with Crippen LogP contribution in [0.2, 0.25) is 5.02 Å². The summed E-state index contributed by atoms with van der Waals surface area (Å²) >= 11 is 6.15. The second-order valence-corrected chi connectivity index (χ2v) is 5.56. The molecule has 0 unspecified atom stereocenters. The maximum absolute atomic E-state index is 12.5. The van der Waals surface area contributed by atoms with Crippen LogP contribution in [0.5, 0.6) is 0 Å². The standard InChI is InChI=1S/C18H14ClN3O2/c19-16-8-7-14(22-9-1-2-10-22)11-15(16)18(24)21-13-5-3-12(4-6-13)17(20)23/h1-11H,(H2,20,23)(H,21,24). The number of carbonyl (C=O) groups is 2. The number of halogens is 1. The first kappa shape index (κ1) is 15.8. The van der Waals surface area contributed by atoms with Crippen LogP contribution in [0, 0.1) is 0 Å². The van der Waals surface area contributed by atoms with Gasteiger partial charge in [-0.3, -0.25) is 9.59 Å². The summed E-state index contributed by atoms with van der Waals surface area (Å²) in [5.74, 6) is -0.851. The number of nitrogens with zero attached hydrogens (tertiary/aromatic N) is 1. The first-order valence-corrected chi connectivity index (χ1v) is 7.56. The molecule has 3 aromatic rings. The summed E-state index contributed by atoms with van der Waals surface area (Å²) in [6.45, 7) is 0. The summed E-state index contributed by atoms with van der Waals surface area (Å²) in [6, 6.07) is 15.4. The van der Waals surface area contributed by atoms with Crippen molar-refractivity contribution in [3.63, 3.8) is 0 Å². The molecule has 0 spiro atoms. The number of carbonyl (C=O) groups excluding carboxylic acids is 2. The molecule has 0 aliphatic heterocycles. The first-order chi connectivity index (χ1) is 11.5. The predicted octanol–water partition coefficient (Wildman–Crippen LogP) is 3.48. The first-order valence-electron chi connectivity index (χ1n) is 7.19. The summed E-state index contributed by atoms with van der Waals surface area (Å²) in [5.41, 5.74) is 7.31. The monoisotopic (exact) mass is 339 g/mol. The minimum Gasteiger partial charge on any atom is -0.366 e. The molecule has 0 atom stereocenters. The molecule has 1 aromatic heterocycles. The highest BCUT2D eigenvalue weighted by Crippen LogP contribution is 2.22. The third kappa shape index (κ3) is 3.31. The number of hydrogen-bond acceptors (Lipinski definition) is 2. The van der Waals surface area contributed by atoms with Gasteiger partial charge in [0.2, 0.25) is 5.91 Å². The summed E-state index contributed by atoms with van der Waals surface area (Å²) in [6.07, 6.45) is 3.76. The van der Waals surface area contributed by atoms with Crippen molar-refractivity contribution in [1.82, 2.24) is 4.57 Å². The van der Waals surface area contributed by atoms with E-state index >= 15 is 0 Å². The third-order valence-electron chi connectivity index (χ3n) is 3.52. The Morgan fingerprint density at radius 3 is 2.29 bits per heavy atom. The van der Waals surface area contributed by atoms with E-state index in [4.69, 9.17) is 17.3 Å². The summed E-state index contributed by atoms with van der Waals surface area (Å²) < 4.78 is 1.88. The lowest BCUT2D eigenvalue weighted by atomic mass is 10.1. The zero-order valence-electron chi connectivity index (χ0n) is 12.6. The molecule has 6 heteroatoms. The van der Waals surface area contributed by atoms with Gasteiger partial charge in [-0.15, -0.1) is 0 Å². The molecule has 24 heavy (non-hydrogen) atoms. The van der Waals surface area contributed by atoms with Crippen LogP contribution in [0.25, 0.3) is 5.69 Å².